The third-order valence-electron chi connectivity index (χ3n) is 4.92. The van der Waals surface area contributed by atoms with Gasteiger partial charge in [0.25, 0.3) is 0 Å². The summed E-state index contributed by atoms with van der Waals surface area (Å²) in [6.07, 6.45) is 2.43. The third kappa shape index (κ3) is 4.86. The van der Waals surface area contributed by atoms with E-state index in [0.717, 1.165) is 17.0 Å². The molecule has 1 aliphatic heterocycles. The zero-order valence-corrected chi connectivity index (χ0v) is 17.6. The standard InChI is InChI=1S/C18H25F3N6O2S/c1-3-22-17(23-11-15-12-27-13(2)5-4-6-16(27)24-15)25-14-7-9-26(10-8-14)30(28,29)18(19,20)21/h4-6,12,14H,3,7-11H2,1-2H3,(H2,22,23,25). The van der Waals surface area contributed by atoms with Crippen molar-refractivity contribution in [2.24, 2.45) is 4.99 Å². The minimum absolute atomic E-state index is 0.175. The van der Waals surface area contributed by atoms with Crippen LogP contribution in [0.5, 0.6) is 0 Å². The highest BCUT2D eigenvalue weighted by molar-refractivity contribution is 7.90. The lowest BCUT2D eigenvalue weighted by atomic mass is 10.1. The number of aryl methyl sites for hydroxylation is 1. The lowest BCUT2D eigenvalue weighted by molar-refractivity contribution is -0.0494. The number of fused-ring (bicyclic) bond motifs is 1. The second-order valence-electron chi connectivity index (χ2n) is 7.09. The largest absolute Gasteiger partial charge is 0.511 e. The Labute approximate surface area is 173 Å². The second kappa shape index (κ2) is 8.80. The van der Waals surface area contributed by atoms with Crippen molar-refractivity contribution in [3.8, 4) is 0 Å². The Hall–Kier alpha value is -2.34. The zero-order valence-electron chi connectivity index (χ0n) is 16.8. The van der Waals surface area contributed by atoms with Crippen molar-refractivity contribution in [3.05, 3.63) is 35.8 Å². The minimum Gasteiger partial charge on any atom is -0.357 e. The number of alkyl halides is 3. The van der Waals surface area contributed by atoms with Crippen LogP contribution in [0.2, 0.25) is 0 Å². The Kier molecular flexibility index (Phi) is 6.56. The summed E-state index contributed by atoms with van der Waals surface area (Å²) in [4.78, 5) is 9.05. The number of rotatable bonds is 5. The Morgan fingerprint density at radius 2 is 2.00 bits per heavy atom. The molecule has 0 atom stereocenters. The molecule has 1 aliphatic rings. The molecule has 0 radical (unpaired) electrons. The van der Waals surface area contributed by atoms with Crippen LogP contribution >= 0.6 is 0 Å². The van der Waals surface area contributed by atoms with Gasteiger partial charge in [0.2, 0.25) is 0 Å². The van der Waals surface area contributed by atoms with Gasteiger partial charge in [-0.25, -0.2) is 18.4 Å². The summed E-state index contributed by atoms with van der Waals surface area (Å²) in [6.45, 7) is 4.45. The highest BCUT2D eigenvalue weighted by atomic mass is 32.2. The fourth-order valence-corrected chi connectivity index (χ4v) is 4.32. The first kappa shape index (κ1) is 22.3. The molecule has 0 amide bonds. The predicted molar refractivity (Wildman–Crippen MR) is 107 cm³/mol. The molecule has 166 valence electrons. The summed E-state index contributed by atoms with van der Waals surface area (Å²) in [6, 6.07) is 5.65. The van der Waals surface area contributed by atoms with Crippen LogP contribution in [0.25, 0.3) is 5.65 Å². The Balaban J connectivity index is 1.62. The van der Waals surface area contributed by atoms with Gasteiger partial charge in [0.1, 0.15) is 5.65 Å². The first-order valence-corrected chi connectivity index (χ1v) is 11.1. The molecule has 0 spiro atoms. The maximum Gasteiger partial charge on any atom is 0.511 e. The number of imidazole rings is 1. The molecule has 30 heavy (non-hydrogen) atoms. The van der Waals surface area contributed by atoms with Gasteiger partial charge in [0.15, 0.2) is 5.96 Å². The van der Waals surface area contributed by atoms with Crippen LogP contribution in [0.3, 0.4) is 0 Å². The fourth-order valence-electron chi connectivity index (χ4n) is 3.34. The Morgan fingerprint density at radius 3 is 2.60 bits per heavy atom. The van der Waals surface area contributed by atoms with Crippen molar-refractivity contribution in [2.75, 3.05) is 19.6 Å². The number of sulfonamides is 1. The molecule has 12 heteroatoms. The van der Waals surface area contributed by atoms with E-state index >= 15 is 0 Å². The predicted octanol–water partition coefficient (Wildman–Crippen LogP) is 2.01. The summed E-state index contributed by atoms with van der Waals surface area (Å²) < 4.78 is 63.7. The van der Waals surface area contributed by atoms with Gasteiger partial charge in [-0.2, -0.15) is 17.5 Å². The molecular formula is C18H25F3N6O2S. The number of pyridine rings is 1. The van der Waals surface area contributed by atoms with E-state index in [4.69, 9.17) is 0 Å². The number of guanidine groups is 1. The van der Waals surface area contributed by atoms with Gasteiger partial charge >= 0.3 is 15.5 Å². The fraction of sp³-hybridized carbons (Fsp3) is 0.556. The number of halogens is 3. The van der Waals surface area contributed by atoms with Crippen LogP contribution in [0.1, 0.15) is 31.2 Å². The van der Waals surface area contributed by atoms with Crippen molar-refractivity contribution >= 4 is 21.6 Å². The molecule has 1 saturated heterocycles. The SMILES string of the molecule is CCNC(=NCc1cn2c(C)cccc2n1)NC1CCN(S(=O)(=O)C(F)(F)F)CC1. The van der Waals surface area contributed by atoms with Gasteiger partial charge in [-0.1, -0.05) is 6.07 Å². The van der Waals surface area contributed by atoms with Crippen molar-refractivity contribution < 1.29 is 21.6 Å². The highest BCUT2D eigenvalue weighted by Gasteiger charge is 2.50. The molecule has 2 aromatic heterocycles. The van der Waals surface area contributed by atoms with Crippen LogP contribution in [-0.2, 0) is 16.6 Å². The van der Waals surface area contributed by atoms with Gasteiger partial charge in [-0.05, 0) is 38.8 Å². The summed E-state index contributed by atoms with van der Waals surface area (Å²) in [5.74, 6) is 0.517. The summed E-state index contributed by atoms with van der Waals surface area (Å²) in [7, 11) is -5.28. The van der Waals surface area contributed by atoms with Crippen LogP contribution in [0, 0.1) is 6.92 Å². The van der Waals surface area contributed by atoms with Gasteiger partial charge in [-0.3, -0.25) is 0 Å². The van der Waals surface area contributed by atoms with Gasteiger partial charge < -0.3 is 15.0 Å². The van der Waals surface area contributed by atoms with E-state index in [1.165, 1.54) is 0 Å². The van der Waals surface area contributed by atoms with Gasteiger partial charge in [0.05, 0.1) is 12.2 Å². The topological polar surface area (TPSA) is 91.1 Å². The molecule has 1 fully saturated rings. The van der Waals surface area contributed by atoms with Crippen molar-refractivity contribution in [2.45, 2.75) is 44.8 Å². The van der Waals surface area contributed by atoms with E-state index in [-0.39, 0.29) is 32.0 Å². The Bertz CT molecular complexity index is 1010. The first-order valence-electron chi connectivity index (χ1n) is 9.66. The minimum atomic E-state index is -5.28. The normalized spacial score (nSPS) is 17.4. The lowest BCUT2D eigenvalue weighted by Crippen LogP contribution is -2.51. The number of nitrogens with zero attached hydrogens (tertiary/aromatic N) is 4. The first-order chi connectivity index (χ1) is 14.1. The van der Waals surface area contributed by atoms with E-state index in [2.05, 4.69) is 20.6 Å². The lowest BCUT2D eigenvalue weighted by Gasteiger charge is -2.32. The second-order valence-corrected chi connectivity index (χ2v) is 9.02. The molecule has 0 bridgehead atoms. The quantitative estimate of drug-likeness (QED) is 0.542. The van der Waals surface area contributed by atoms with Crippen LogP contribution in [0.4, 0.5) is 13.2 Å². The molecule has 2 N–H and O–H groups in total. The number of hydrogen-bond acceptors (Lipinski definition) is 4. The van der Waals surface area contributed by atoms with E-state index < -0.39 is 15.5 Å². The summed E-state index contributed by atoms with van der Waals surface area (Å²) >= 11 is 0. The number of aromatic nitrogens is 2. The van der Waals surface area contributed by atoms with Crippen molar-refractivity contribution in [3.63, 3.8) is 0 Å². The van der Waals surface area contributed by atoms with Crippen LogP contribution in [0.15, 0.2) is 29.4 Å². The van der Waals surface area contributed by atoms with Crippen LogP contribution in [-0.4, -0.2) is 59.3 Å². The van der Waals surface area contributed by atoms with E-state index in [1.807, 2.05) is 42.6 Å². The molecule has 0 unspecified atom stereocenters. The van der Waals surface area contributed by atoms with E-state index in [0.29, 0.717) is 23.4 Å². The van der Waals surface area contributed by atoms with Gasteiger partial charge in [0, 0.05) is 37.6 Å². The van der Waals surface area contributed by atoms with Crippen molar-refractivity contribution in [1.29, 1.82) is 0 Å². The maximum absolute atomic E-state index is 12.7. The smallest absolute Gasteiger partial charge is 0.357 e. The molecule has 2 aromatic rings. The molecular weight excluding hydrogens is 421 g/mol. The maximum atomic E-state index is 12.7. The highest BCUT2D eigenvalue weighted by Crippen LogP contribution is 2.28. The van der Waals surface area contributed by atoms with E-state index in [1.54, 1.807) is 0 Å². The molecule has 0 saturated carbocycles. The molecule has 8 nitrogen and oxygen atoms in total. The molecule has 3 heterocycles. The number of aliphatic imine (C=N–C) groups is 1. The molecule has 0 aromatic carbocycles. The Morgan fingerprint density at radius 1 is 1.30 bits per heavy atom. The average Bonchev–Trinajstić information content (AvgIpc) is 3.10. The monoisotopic (exact) mass is 446 g/mol. The molecule has 0 aliphatic carbocycles. The molecule has 3 rings (SSSR count). The van der Waals surface area contributed by atoms with Gasteiger partial charge in [-0.15, -0.1) is 0 Å². The van der Waals surface area contributed by atoms with Crippen molar-refractivity contribution in [1.82, 2.24) is 24.3 Å². The number of hydrogen-bond donors (Lipinski definition) is 2. The third-order valence-corrected chi connectivity index (χ3v) is 6.55. The van der Waals surface area contributed by atoms with Crippen LogP contribution < -0.4 is 10.6 Å². The summed E-state index contributed by atoms with van der Waals surface area (Å²) in [5, 5.41) is 6.29. The number of nitrogens with one attached hydrogen (secondary N) is 2. The van der Waals surface area contributed by atoms with E-state index in [9.17, 15) is 21.6 Å². The zero-order chi connectivity index (χ0) is 21.9. The average molecular weight is 446 g/mol. The number of piperidine rings is 1. The summed E-state index contributed by atoms with van der Waals surface area (Å²) in [5.41, 5.74) is -2.60.